The number of hydrogen-bond acceptors (Lipinski definition) is 4. The number of ether oxygens (including phenoxy) is 1. The summed E-state index contributed by atoms with van der Waals surface area (Å²) in [6, 6.07) is 7.96. The van der Waals surface area contributed by atoms with E-state index in [0.29, 0.717) is 11.8 Å². The summed E-state index contributed by atoms with van der Waals surface area (Å²) in [5, 5.41) is 8.21. The largest absolute Gasteiger partial charge is 0.464 e. The van der Waals surface area contributed by atoms with Crippen molar-refractivity contribution in [3.63, 3.8) is 0 Å². The Labute approximate surface area is 108 Å². The van der Waals surface area contributed by atoms with Crippen molar-refractivity contribution in [1.82, 2.24) is 10.2 Å². The third-order valence-electron chi connectivity index (χ3n) is 1.63. The fourth-order valence-corrected chi connectivity index (χ4v) is 2.39. The highest BCUT2D eigenvalue weighted by Gasteiger charge is 2.02. The van der Waals surface area contributed by atoms with Crippen LogP contribution in [0.25, 0.3) is 0 Å². The van der Waals surface area contributed by atoms with E-state index in [1.54, 1.807) is 0 Å². The van der Waals surface area contributed by atoms with Gasteiger partial charge in [0, 0.05) is 4.47 Å². The van der Waals surface area contributed by atoms with E-state index in [1.807, 2.05) is 24.3 Å². The second-order valence-corrected chi connectivity index (χ2v) is 5.87. The number of nitrogens with zero attached hydrogens (tertiary/aromatic N) is 2. The Hall–Kier alpha value is -0.460. The predicted molar refractivity (Wildman–Crippen MR) is 66.1 cm³/mol. The van der Waals surface area contributed by atoms with Gasteiger partial charge in [-0.2, -0.15) is 0 Å². The monoisotopic (exact) mass is 348 g/mol. The summed E-state index contributed by atoms with van der Waals surface area (Å²) in [6.45, 7) is 0.501. The Kier molecular flexibility index (Phi) is 3.71. The number of hydrogen-bond donors (Lipinski definition) is 0. The van der Waals surface area contributed by atoms with Crippen molar-refractivity contribution >= 4 is 43.2 Å². The van der Waals surface area contributed by atoms with E-state index >= 15 is 0 Å². The van der Waals surface area contributed by atoms with E-state index in [2.05, 4.69) is 42.1 Å². The highest BCUT2D eigenvalue weighted by atomic mass is 79.9. The number of halogens is 2. The lowest BCUT2D eigenvalue weighted by Gasteiger charge is -2.01. The first-order valence-corrected chi connectivity index (χ1v) is 6.50. The minimum atomic E-state index is 0.501. The van der Waals surface area contributed by atoms with Gasteiger partial charge in [-0.25, -0.2) is 0 Å². The van der Waals surface area contributed by atoms with Crippen LogP contribution in [0.4, 0.5) is 0 Å². The van der Waals surface area contributed by atoms with Crippen LogP contribution in [0.2, 0.25) is 0 Å². The molecule has 0 bridgehead atoms. The van der Waals surface area contributed by atoms with Gasteiger partial charge in [0.2, 0.25) is 0 Å². The molecule has 0 spiro atoms. The maximum Gasteiger partial charge on any atom is 0.295 e. The fourth-order valence-electron chi connectivity index (χ4n) is 1.02. The lowest BCUT2D eigenvalue weighted by molar-refractivity contribution is 0.302. The van der Waals surface area contributed by atoms with Gasteiger partial charge in [-0.1, -0.05) is 33.2 Å². The van der Waals surface area contributed by atoms with E-state index in [-0.39, 0.29) is 0 Å². The van der Waals surface area contributed by atoms with Gasteiger partial charge in [-0.05, 0) is 45.0 Å². The molecule has 0 amide bonds. The zero-order valence-electron chi connectivity index (χ0n) is 7.48. The van der Waals surface area contributed by atoms with Crippen LogP contribution in [0.15, 0.2) is 32.7 Å². The van der Waals surface area contributed by atoms with Crippen molar-refractivity contribution < 1.29 is 4.74 Å². The molecule has 0 aliphatic rings. The van der Waals surface area contributed by atoms with Crippen molar-refractivity contribution in [1.29, 1.82) is 0 Å². The molecule has 78 valence electrons. The Bertz CT molecular complexity index is 461. The smallest absolute Gasteiger partial charge is 0.295 e. The molecule has 0 aliphatic heterocycles. The molecule has 1 aromatic carbocycles. The average molecular weight is 350 g/mol. The summed E-state index contributed by atoms with van der Waals surface area (Å²) in [6.07, 6.45) is 0. The number of aromatic nitrogens is 2. The Balaban J connectivity index is 1.99. The van der Waals surface area contributed by atoms with Gasteiger partial charge >= 0.3 is 0 Å². The molecule has 0 N–H and O–H groups in total. The predicted octanol–water partition coefficient (Wildman–Crippen LogP) is 3.64. The van der Waals surface area contributed by atoms with Crippen LogP contribution in [0.3, 0.4) is 0 Å². The van der Waals surface area contributed by atoms with Crippen molar-refractivity contribution in [3.8, 4) is 5.19 Å². The van der Waals surface area contributed by atoms with E-state index in [0.717, 1.165) is 14.0 Å². The van der Waals surface area contributed by atoms with E-state index in [4.69, 9.17) is 4.74 Å². The second kappa shape index (κ2) is 5.05. The van der Waals surface area contributed by atoms with Gasteiger partial charge in [0.15, 0.2) is 3.92 Å². The molecule has 0 saturated heterocycles. The number of benzene rings is 1. The minimum absolute atomic E-state index is 0.501. The van der Waals surface area contributed by atoms with Gasteiger partial charge in [0.25, 0.3) is 5.19 Å². The normalized spacial score (nSPS) is 10.3. The van der Waals surface area contributed by atoms with Crippen LogP contribution in [-0.2, 0) is 6.61 Å². The van der Waals surface area contributed by atoms with E-state index in [1.165, 1.54) is 11.3 Å². The molecule has 0 saturated carbocycles. The van der Waals surface area contributed by atoms with Crippen LogP contribution < -0.4 is 4.74 Å². The first-order chi connectivity index (χ1) is 7.24. The Morgan fingerprint density at radius 2 is 2.13 bits per heavy atom. The first-order valence-electron chi connectivity index (χ1n) is 4.10. The van der Waals surface area contributed by atoms with Crippen molar-refractivity contribution in [2.75, 3.05) is 0 Å². The fraction of sp³-hybridized carbons (Fsp3) is 0.111. The summed E-state index contributed by atoms with van der Waals surface area (Å²) in [4.78, 5) is 0. The molecule has 0 unspecified atom stereocenters. The number of rotatable bonds is 3. The van der Waals surface area contributed by atoms with Crippen LogP contribution in [0.5, 0.6) is 5.19 Å². The lowest BCUT2D eigenvalue weighted by atomic mass is 10.2. The van der Waals surface area contributed by atoms with E-state index < -0.39 is 0 Å². The maximum absolute atomic E-state index is 5.46. The van der Waals surface area contributed by atoms with Gasteiger partial charge in [0.05, 0.1) is 0 Å². The summed E-state index contributed by atoms with van der Waals surface area (Å²) < 4.78 is 7.23. The summed E-state index contributed by atoms with van der Waals surface area (Å²) >= 11 is 8.00. The maximum atomic E-state index is 5.46. The van der Waals surface area contributed by atoms with Crippen molar-refractivity contribution in [2.45, 2.75) is 6.61 Å². The van der Waals surface area contributed by atoms with Gasteiger partial charge in [0.1, 0.15) is 6.61 Å². The molecular formula is C9H6Br2N2OS. The topological polar surface area (TPSA) is 35.0 Å². The van der Waals surface area contributed by atoms with Gasteiger partial charge in [-0.3, -0.25) is 0 Å². The summed E-state index contributed by atoms with van der Waals surface area (Å²) in [5.74, 6) is 0. The average Bonchev–Trinajstić information content (AvgIpc) is 2.62. The van der Waals surface area contributed by atoms with Crippen LogP contribution >= 0.6 is 43.2 Å². The van der Waals surface area contributed by atoms with E-state index in [9.17, 15) is 0 Å². The molecule has 0 radical (unpaired) electrons. The molecule has 2 rings (SSSR count). The molecule has 0 fully saturated rings. The van der Waals surface area contributed by atoms with Crippen molar-refractivity contribution in [2.24, 2.45) is 0 Å². The quantitative estimate of drug-likeness (QED) is 0.848. The molecule has 3 nitrogen and oxygen atoms in total. The SMILES string of the molecule is Brc1cccc(COc2nnc(Br)s2)c1. The summed E-state index contributed by atoms with van der Waals surface area (Å²) in [7, 11) is 0. The molecule has 2 aromatic rings. The zero-order valence-corrected chi connectivity index (χ0v) is 11.5. The lowest BCUT2D eigenvalue weighted by Crippen LogP contribution is -1.94. The third kappa shape index (κ3) is 3.25. The standard InChI is InChI=1S/C9H6Br2N2OS/c10-7-3-1-2-6(4-7)5-14-9-13-12-8(11)15-9/h1-4H,5H2. The van der Waals surface area contributed by atoms with Crippen LogP contribution in [-0.4, -0.2) is 10.2 Å². The first kappa shape index (κ1) is 11.0. The molecule has 1 heterocycles. The molecule has 15 heavy (non-hydrogen) atoms. The third-order valence-corrected chi connectivity index (χ3v) is 3.39. The highest BCUT2D eigenvalue weighted by Crippen LogP contribution is 2.23. The Morgan fingerprint density at radius 1 is 1.27 bits per heavy atom. The second-order valence-electron chi connectivity index (χ2n) is 2.74. The van der Waals surface area contributed by atoms with Crippen LogP contribution in [0, 0.1) is 0 Å². The van der Waals surface area contributed by atoms with Gasteiger partial charge in [-0.15, -0.1) is 5.10 Å². The molecule has 0 aliphatic carbocycles. The molecular weight excluding hydrogens is 344 g/mol. The highest BCUT2D eigenvalue weighted by molar-refractivity contribution is 9.11. The van der Waals surface area contributed by atoms with Crippen LogP contribution in [0.1, 0.15) is 5.56 Å². The minimum Gasteiger partial charge on any atom is -0.464 e. The van der Waals surface area contributed by atoms with Gasteiger partial charge < -0.3 is 4.74 Å². The molecule has 0 atom stereocenters. The molecule has 6 heteroatoms. The molecule has 1 aromatic heterocycles. The Morgan fingerprint density at radius 3 is 2.80 bits per heavy atom. The summed E-state index contributed by atoms with van der Waals surface area (Å²) in [5.41, 5.74) is 1.09. The zero-order chi connectivity index (χ0) is 10.7. The van der Waals surface area contributed by atoms with Crippen molar-refractivity contribution in [3.05, 3.63) is 38.2 Å².